The Hall–Kier alpha value is -0.0905. The topological polar surface area (TPSA) is 161 Å². The number of rotatable bonds is 0. The number of hydrogen-bond acceptors (Lipinski definition) is 8. The maximum atomic E-state index is 8.59. The van der Waals surface area contributed by atoms with Crippen molar-refractivity contribution in [2.45, 2.75) is 0 Å². The van der Waals surface area contributed by atoms with Crippen molar-refractivity contribution in [2.75, 3.05) is 0 Å². The Morgan fingerprint density at radius 3 is 1.00 bits per heavy atom. The summed E-state index contributed by atoms with van der Waals surface area (Å²) in [5, 5.41) is 0. The summed E-state index contributed by atoms with van der Waals surface area (Å²) in [7, 11) is -5.17. The number of hydrogen-bond donors (Lipinski definition) is 0. The van der Waals surface area contributed by atoms with Crippen molar-refractivity contribution in [1.29, 1.82) is 0 Å². The van der Waals surface area contributed by atoms with Gasteiger partial charge in [-0.1, -0.05) is 0 Å². The SMILES string of the molecule is O=S(=O)([O-])[O-].O=[Se](=O)([O-])[O-]. The second-order valence-electron chi connectivity index (χ2n) is 0.816. The zero-order valence-electron chi connectivity index (χ0n) is 4.08. The first-order chi connectivity index (χ1) is 4.00. The molecule has 0 bridgehead atoms. The van der Waals surface area contributed by atoms with Gasteiger partial charge in [-0.15, -0.1) is 0 Å². The molecule has 0 atom stereocenters. The van der Waals surface area contributed by atoms with E-state index in [0.717, 1.165) is 0 Å². The standard InChI is InChI=1S/H2O4S.H2O4Se/c2*1-5(2,3)4/h2*(H2,1,2,3,4)/p-4. The summed E-state index contributed by atoms with van der Waals surface area (Å²) in [4.78, 5) is 0. The molecule has 0 spiro atoms. The van der Waals surface area contributed by atoms with Crippen LogP contribution >= 0.6 is 0 Å². The van der Waals surface area contributed by atoms with Crippen LogP contribution in [0.15, 0.2) is 0 Å². The first-order valence-electron chi connectivity index (χ1n) is 1.33. The van der Waals surface area contributed by atoms with Crippen molar-refractivity contribution in [3.63, 3.8) is 0 Å². The Morgan fingerprint density at radius 2 is 1.00 bits per heavy atom. The van der Waals surface area contributed by atoms with E-state index in [1.807, 2.05) is 0 Å². The molecule has 64 valence electrons. The van der Waals surface area contributed by atoms with Gasteiger partial charge in [0, 0.05) is 10.4 Å². The van der Waals surface area contributed by atoms with Crippen LogP contribution in [0.1, 0.15) is 0 Å². The van der Waals surface area contributed by atoms with Crippen molar-refractivity contribution >= 4 is 23.8 Å². The van der Waals surface area contributed by atoms with Crippen LogP contribution in [0, 0.1) is 0 Å². The van der Waals surface area contributed by atoms with Crippen molar-refractivity contribution in [2.24, 2.45) is 0 Å². The molecule has 0 amide bonds. The van der Waals surface area contributed by atoms with Crippen molar-refractivity contribution in [3.8, 4) is 0 Å². The predicted octanol–water partition coefficient (Wildman–Crippen LogP) is -4.33. The molecule has 0 radical (unpaired) electrons. The first kappa shape index (κ1) is 12.6. The average molecular weight is 239 g/mol. The van der Waals surface area contributed by atoms with Crippen LogP contribution in [0.5, 0.6) is 0 Å². The first-order valence-corrected chi connectivity index (χ1v) is 5.46. The molecule has 10 heavy (non-hydrogen) atoms. The fourth-order valence-electron chi connectivity index (χ4n) is 0. The van der Waals surface area contributed by atoms with Crippen LogP contribution in [-0.2, 0) is 18.1 Å². The molecule has 0 aromatic rings. The minimum absolute atomic E-state index is 5.17. The third-order valence-corrected chi connectivity index (χ3v) is 0. The van der Waals surface area contributed by atoms with E-state index in [-0.39, 0.29) is 0 Å². The van der Waals surface area contributed by atoms with Crippen molar-refractivity contribution < 1.29 is 33.6 Å². The van der Waals surface area contributed by atoms with Gasteiger partial charge in [-0.25, -0.2) is 0 Å². The molecule has 0 unspecified atom stereocenters. The molecule has 0 aliphatic carbocycles. The molecule has 0 fully saturated rings. The fraction of sp³-hybridized carbons (Fsp3) is 0. The average Bonchev–Trinajstić information content (AvgIpc) is 1.12. The van der Waals surface area contributed by atoms with Gasteiger partial charge in [0.1, 0.15) is 0 Å². The Balaban J connectivity index is 0. The third-order valence-electron chi connectivity index (χ3n) is 0. The second kappa shape index (κ2) is 3.93. The predicted molar refractivity (Wildman–Crippen MR) is 17.6 cm³/mol. The molecule has 0 rings (SSSR count). The van der Waals surface area contributed by atoms with Crippen LogP contribution in [0.2, 0.25) is 0 Å². The molecule has 0 aliphatic heterocycles. The molecule has 0 saturated carbocycles. The van der Waals surface area contributed by atoms with Crippen LogP contribution in [0.25, 0.3) is 0 Å². The van der Waals surface area contributed by atoms with E-state index in [1.165, 1.54) is 0 Å². The zero-order valence-corrected chi connectivity index (χ0v) is 6.61. The molecule has 8 nitrogen and oxygen atoms in total. The summed E-state index contributed by atoms with van der Waals surface area (Å²) in [6, 6.07) is 0. The summed E-state index contributed by atoms with van der Waals surface area (Å²) < 4.78 is 68.5. The molecular weight excluding hydrogens is 239 g/mol. The fourth-order valence-corrected chi connectivity index (χ4v) is 0. The minimum atomic E-state index is -5.75. The summed E-state index contributed by atoms with van der Waals surface area (Å²) in [5.41, 5.74) is 0. The van der Waals surface area contributed by atoms with E-state index >= 15 is 0 Å². The van der Waals surface area contributed by atoms with E-state index < -0.39 is 23.8 Å². The van der Waals surface area contributed by atoms with Crippen LogP contribution in [0.4, 0.5) is 0 Å². The summed E-state index contributed by atoms with van der Waals surface area (Å²) >= 11 is -5.75. The summed E-state index contributed by atoms with van der Waals surface area (Å²) in [6.07, 6.45) is 0. The van der Waals surface area contributed by atoms with Gasteiger partial charge in [0.2, 0.25) is 0 Å². The van der Waals surface area contributed by atoms with Crippen LogP contribution in [0.3, 0.4) is 0 Å². The quantitative estimate of drug-likeness (QED) is 0.233. The summed E-state index contributed by atoms with van der Waals surface area (Å²) in [6.45, 7) is 0. The zero-order chi connectivity index (χ0) is 9.00. The van der Waals surface area contributed by atoms with Gasteiger partial charge >= 0.3 is 29.4 Å². The van der Waals surface area contributed by atoms with Gasteiger partial charge in [-0.2, -0.15) is 0 Å². The molecule has 0 saturated heterocycles. The van der Waals surface area contributed by atoms with Gasteiger partial charge in [-0.3, -0.25) is 8.42 Å². The van der Waals surface area contributed by atoms with Crippen LogP contribution < -0.4 is 8.38 Å². The van der Waals surface area contributed by atoms with Crippen LogP contribution in [-0.4, -0.2) is 30.9 Å². The molecular formula is O8SSe-4. The van der Waals surface area contributed by atoms with Gasteiger partial charge in [0.15, 0.2) is 0 Å². The van der Waals surface area contributed by atoms with E-state index in [4.69, 9.17) is 33.6 Å². The normalized spacial score (nSPS) is 11.6. The molecule has 0 heterocycles. The van der Waals surface area contributed by atoms with Gasteiger partial charge in [0.25, 0.3) is 0 Å². The molecule has 0 aromatic heterocycles. The van der Waals surface area contributed by atoms with Gasteiger partial charge in [0.05, 0.1) is 0 Å². The maximum absolute atomic E-state index is 8.59. The molecule has 10 heteroatoms. The van der Waals surface area contributed by atoms with E-state index in [9.17, 15) is 0 Å². The summed E-state index contributed by atoms with van der Waals surface area (Å²) in [5.74, 6) is 0. The Labute approximate surface area is 58.0 Å². The Kier molecular flexibility index (Phi) is 4.94. The Morgan fingerprint density at radius 1 is 1.00 bits per heavy atom. The van der Waals surface area contributed by atoms with E-state index in [2.05, 4.69) is 0 Å². The monoisotopic (exact) mass is 240 g/mol. The Bertz CT molecular complexity index is 206. The van der Waals surface area contributed by atoms with Crippen molar-refractivity contribution in [1.82, 2.24) is 0 Å². The molecule has 0 aromatic carbocycles. The third kappa shape index (κ3) is 46100. The molecule has 0 N–H and O–H groups in total. The van der Waals surface area contributed by atoms with E-state index in [1.54, 1.807) is 0 Å². The van der Waals surface area contributed by atoms with Gasteiger partial charge < -0.3 is 9.11 Å². The van der Waals surface area contributed by atoms with Gasteiger partial charge in [-0.05, 0) is 0 Å². The van der Waals surface area contributed by atoms with Crippen molar-refractivity contribution in [3.05, 3.63) is 0 Å². The second-order valence-corrected chi connectivity index (χ2v) is 3.35. The van der Waals surface area contributed by atoms with E-state index in [0.29, 0.717) is 0 Å². The molecule has 0 aliphatic rings.